The van der Waals surface area contributed by atoms with Gasteiger partial charge in [-0.2, -0.15) is 0 Å². The van der Waals surface area contributed by atoms with Gasteiger partial charge in [0.15, 0.2) is 0 Å². The SMILES string of the molecule is Cc1cccc(NC(=O)N2CCC3(CC2)SCCN3C(=O)c2cccc(Cl)c2)c1C. The molecule has 30 heavy (non-hydrogen) atoms. The van der Waals surface area contributed by atoms with Gasteiger partial charge in [0.2, 0.25) is 0 Å². The van der Waals surface area contributed by atoms with E-state index in [1.54, 1.807) is 12.1 Å². The van der Waals surface area contributed by atoms with E-state index in [1.807, 2.05) is 65.7 Å². The summed E-state index contributed by atoms with van der Waals surface area (Å²) in [5, 5.41) is 3.62. The van der Waals surface area contributed by atoms with Crippen molar-refractivity contribution < 1.29 is 9.59 Å². The van der Waals surface area contributed by atoms with E-state index >= 15 is 0 Å². The smallest absolute Gasteiger partial charge is 0.321 e. The molecule has 4 rings (SSSR count). The number of nitrogens with zero attached hydrogens (tertiary/aromatic N) is 2. The molecule has 3 amide bonds. The highest BCUT2D eigenvalue weighted by Gasteiger charge is 2.47. The van der Waals surface area contributed by atoms with Crippen LogP contribution < -0.4 is 5.32 Å². The fraction of sp³-hybridized carbons (Fsp3) is 0.391. The first kappa shape index (κ1) is 21.1. The molecule has 0 bridgehead atoms. The summed E-state index contributed by atoms with van der Waals surface area (Å²) in [6.45, 7) is 6.04. The average Bonchev–Trinajstić information content (AvgIpc) is 3.14. The minimum absolute atomic E-state index is 0.0239. The third-order valence-corrected chi connectivity index (χ3v) is 7.96. The minimum Gasteiger partial charge on any atom is -0.324 e. The van der Waals surface area contributed by atoms with Crippen LogP contribution in [0.25, 0.3) is 0 Å². The molecule has 7 heteroatoms. The third kappa shape index (κ3) is 4.03. The van der Waals surface area contributed by atoms with Gasteiger partial charge in [-0.05, 0) is 62.1 Å². The summed E-state index contributed by atoms with van der Waals surface area (Å²) in [5.74, 6) is 0.942. The fourth-order valence-corrected chi connectivity index (χ4v) is 5.87. The van der Waals surface area contributed by atoms with Gasteiger partial charge in [-0.1, -0.05) is 29.8 Å². The van der Waals surface area contributed by atoms with Crippen molar-refractivity contribution in [2.75, 3.05) is 30.7 Å². The van der Waals surface area contributed by atoms with Gasteiger partial charge < -0.3 is 15.1 Å². The van der Waals surface area contributed by atoms with Gasteiger partial charge in [-0.3, -0.25) is 4.79 Å². The highest BCUT2D eigenvalue weighted by atomic mass is 35.5. The summed E-state index contributed by atoms with van der Waals surface area (Å²) in [6, 6.07) is 13.0. The van der Waals surface area contributed by atoms with Crippen LogP contribution in [0.15, 0.2) is 42.5 Å². The Morgan fingerprint density at radius 1 is 1.07 bits per heavy atom. The molecule has 0 aromatic heterocycles. The zero-order valence-electron chi connectivity index (χ0n) is 17.3. The lowest BCUT2D eigenvalue weighted by molar-refractivity contribution is 0.0585. The Kier molecular flexibility index (Phi) is 5.98. The molecule has 1 N–H and O–H groups in total. The van der Waals surface area contributed by atoms with Gasteiger partial charge in [0.05, 0.1) is 4.87 Å². The Hall–Kier alpha value is -2.18. The molecule has 1 spiro atoms. The Bertz CT molecular complexity index is 973. The lowest BCUT2D eigenvalue weighted by Gasteiger charge is -2.44. The van der Waals surface area contributed by atoms with Crippen molar-refractivity contribution in [3.8, 4) is 0 Å². The number of benzene rings is 2. The van der Waals surface area contributed by atoms with Crippen LogP contribution in [0.3, 0.4) is 0 Å². The second-order valence-corrected chi connectivity index (χ2v) is 9.82. The molecule has 0 aliphatic carbocycles. The maximum atomic E-state index is 13.2. The molecule has 2 aromatic rings. The van der Waals surface area contributed by atoms with Gasteiger partial charge in [0, 0.05) is 41.7 Å². The Labute approximate surface area is 186 Å². The van der Waals surface area contributed by atoms with Crippen LogP contribution in [-0.4, -0.2) is 52.0 Å². The molecular weight excluding hydrogens is 418 g/mol. The first-order valence-electron chi connectivity index (χ1n) is 10.2. The van der Waals surface area contributed by atoms with E-state index in [9.17, 15) is 9.59 Å². The van der Waals surface area contributed by atoms with Crippen molar-refractivity contribution >= 4 is 41.0 Å². The molecule has 0 saturated carbocycles. The minimum atomic E-state index is -0.241. The summed E-state index contributed by atoms with van der Waals surface area (Å²) in [4.78, 5) is 29.6. The number of aryl methyl sites for hydroxylation is 1. The Morgan fingerprint density at radius 3 is 2.53 bits per heavy atom. The van der Waals surface area contributed by atoms with Crippen LogP contribution in [0.2, 0.25) is 5.02 Å². The molecule has 2 saturated heterocycles. The summed E-state index contributed by atoms with van der Waals surface area (Å²) >= 11 is 7.92. The first-order valence-corrected chi connectivity index (χ1v) is 11.6. The number of halogens is 1. The number of carbonyl (C=O) groups excluding carboxylic acids is 2. The number of rotatable bonds is 2. The molecule has 158 valence electrons. The zero-order chi connectivity index (χ0) is 21.3. The number of hydrogen-bond acceptors (Lipinski definition) is 3. The first-order chi connectivity index (χ1) is 14.4. The maximum absolute atomic E-state index is 13.2. The summed E-state index contributed by atoms with van der Waals surface area (Å²) in [5.41, 5.74) is 3.72. The van der Waals surface area contributed by atoms with Crippen molar-refractivity contribution in [1.82, 2.24) is 9.80 Å². The molecule has 2 fully saturated rings. The van der Waals surface area contributed by atoms with Gasteiger partial charge >= 0.3 is 6.03 Å². The van der Waals surface area contributed by atoms with Crippen LogP contribution in [0.1, 0.15) is 34.3 Å². The second kappa shape index (κ2) is 8.52. The summed E-state index contributed by atoms with van der Waals surface area (Å²) < 4.78 is 0. The topological polar surface area (TPSA) is 52.7 Å². The van der Waals surface area contributed by atoms with Crippen molar-refractivity contribution in [3.05, 3.63) is 64.2 Å². The van der Waals surface area contributed by atoms with E-state index in [0.29, 0.717) is 23.7 Å². The van der Waals surface area contributed by atoms with E-state index in [-0.39, 0.29) is 16.8 Å². The van der Waals surface area contributed by atoms with Gasteiger partial charge in [-0.25, -0.2) is 4.79 Å². The van der Waals surface area contributed by atoms with Crippen LogP contribution in [-0.2, 0) is 0 Å². The lowest BCUT2D eigenvalue weighted by Crippen LogP contribution is -2.54. The van der Waals surface area contributed by atoms with Crippen molar-refractivity contribution in [3.63, 3.8) is 0 Å². The number of amides is 3. The van der Waals surface area contributed by atoms with Crippen LogP contribution in [0.5, 0.6) is 0 Å². The van der Waals surface area contributed by atoms with Crippen LogP contribution in [0.4, 0.5) is 10.5 Å². The van der Waals surface area contributed by atoms with Crippen LogP contribution >= 0.6 is 23.4 Å². The van der Waals surface area contributed by atoms with Crippen molar-refractivity contribution in [2.24, 2.45) is 0 Å². The van der Waals surface area contributed by atoms with Gasteiger partial charge in [0.1, 0.15) is 0 Å². The number of piperidine rings is 1. The Morgan fingerprint density at radius 2 is 1.80 bits per heavy atom. The average molecular weight is 444 g/mol. The van der Waals surface area contributed by atoms with Crippen molar-refractivity contribution in [1.29, 1.82) is 0 Å². The number of anilines is 1. The van der Waals surface area contributed by atoms with Crippen LogP contribution in [0, 0.1) is 13.8 Å². The van der Waals surface area contributed by atoms with Gasteiger partial charge in [0.25, 0.3) is 5.91 Å². The molecule has 2 aliphatic heterocycles. The maximum Gasteiger partial charge on any atom is 0.321 e. The predicted molar refractivity (Wildman–Crippen MR) is 123 cm³/mol. The molecule has 0 radical (unpaired) electrons. The molecule has 2 aliphatic rings. The molecule has 2 heterocycles. The number of hydrogen-bond donors (Lipinski definition) is 1. The third-order valence-electron chi connectivity index (χ3n) is 6.17. The molecular formula is C23H26ClN3O2S. The van der Waals surface area contributed by atoms with E-state index in [2.05, 4.69) is 5.32 Å². The monoisotopic (exact) mass is 443 g/mol. The number of likely N-dealkylation sites (tertiary alicyclic amines) is 1. The number of nitrogens with one attached hydrogen (secondary N) is 1. The fourth-order valence-electron chi connectivity index (χ4n) is 4.23. The number of urea groups is 1. The summed E-state index contributed by atoms with van der Waals surface area (Å²) in [7, 11) is 0. The molecule has 0 unspecified atom stereocenters. The zero-order valence-corrected chi connectivity index (χ0v) is 18.9. The second-order valence-electron chi connectivity index (χ2n) is 7.93. The van der Waals surface area contributed by atoms with E-state index in [4.69, 9.17) is 11.6 Å². The van der Waals surface area contributed by atoms with Crippen molar-refractivity contribution in [2.45, 2.75) is 31.6 Å². The lowest BCUT2D eigenvalue weighted by atomic mass is 10.0. The molecule has 2 aromatic carbocycles. The van der Waals surface area contributed by atoms with E-state index in [1.165, 1.54) is 0 Å². The highest BCUT2D eigenvalue weighted by Crippen LogP contribution is 2.44. The number of carbonyl (C=O) groups is 2. The normalized spacial score (nSPS) is 18.0. The van der Waals surface area contributed by atoms with E-state index < -0.39 is 0 Å². The predicted octanol–water partition coefficient (Wildman–Crippen LogP) is 5.17. The van der Waals surface area contributed by atoms with Gasteiger partial charge in [-0.15, -0.1) is 11.8 Å². The highest BCUT2D eigenvalue weighted by molar-refractivity contribution is 8.00. The van der Waals surface area contributed by atoms with E-state index in [0.717, 1.165) is 42.0 Å². The molecule has 5 nitrogen and oxygen atoms in total. The summed E-state index contributed by atoms with van der Waals surface area (Å²) in [6.07, 6.45) is 1.54. The Balaban J connectivity index is 1.43. The largest absolute Gasteiger partial charge is 0.324 e. The molecule has 0 atom stereocenters. The quantitative estimate of drug-likeness (QED) is 0.696. The number of thioether (sulfide) groups is 1. The standard InChI is InChI=1S/C23H26ClN3O2S/c1-16-5-3-8-20(17(16)2)25-22(29)26-11-9-23(10-12-26)27(13-14-30-23)21(28)18-6-4-7-19(24)15-18/h3-8,15H,9-14H2,1-2H3,(H,25,29).